The van der Waals surface area contributed by atoms with E-state index in [0.29, 0.717) is 6.54 Å². The maximum Gasteiger partial charge on any atom is 0.407 e. The van der Waals surface area contributed by atoms with Crippen LogP contribution in [-0.4, -0.2) is 30.0 Å². The van der Waals surface area contributed by atoms with E-state index in [9.17, 15) is 4.79 Å². The van der Waals surface area contributed by atoms with Crippen molar-refractivity contribution in [2.45, 2.75) is 58.5 Å². The Kier molecular flexibility index (Phi) is 4.80. The summed E-state index contributed by atoms with van der Waals surface area (Å²) in [5.74, 6) is 0. The summed E-state index contributed by atoms with van der Waals surface area (Å²) in [6.07, 6.45) is 4.96. The largest absolute Gasteiger partial charge is 0.444 e. The maximum absolute atomic E-state index is 11.6. The predicted molar refractivity (Wildman–Crippen MR) is 66.8 cm³/mol. The van der Waals surface area contributed by atoms with Crippen LogP contribution in [-0.2, 0) is 4.74 Å². The van der Waals surface area contributed by atoms with Gasteiger partial charge in [0.15, 0.2) is 0 Å². The molecule has 0 bridgehead atoms. The van der Waals surface area contributed by atoms with Gasteiger partial charge >= 0.3 is 6.09 Å². The van der Waals surface area contributed by atoms with Gasteiger partial charge in [-0.25, -0.2) is 4.79 Å². The topological polar surface area (TPSA) is 58.6 Å². The van der Waals surface area contributed by atoms with Crippen LogP contribution in [0, 0.1) is 5.41 Å². The second kappa shape index (κ2) is 5.71. The molecule has 0 radical (unpaired) electrons. The highest BCUT2D eigenvalue weighted by molar-refractivity contribution is 5.67. The summed E-state index contributed by atoms with van der Waals surface area (Å²) in [4.78, 5) is 11.6. The number of alkyl carbamates (subject to hydrolysis) is 1. The molecule has 1 fully saturated rings. The summed E-state index contributed by atoms with van der Waals surface area (Å²) in [5, 5.41) is 11.9. The molecule has 0 aliphatic heterocycles. The van der Waals surface area contributed by atoms with Crippen molar-refractivity contribution < 1.29 is 14.6 Å². The van der Waals surface area contributed by atoms with Gasteiger partial charge in [-0.2, -0.15) is 0 Å². The molecule has 0 aromatic rings. The lowest BCUT2D eigenvalue weighted by Crippen LogP contribution is -2.39. The lowest BCUT2D eigenvalue weighted by molar-refractivity contribution is 0.0489. The molecular formula is C13H25NO3. The fraction of sp³-hybridized carbons (Fsp3) is 0.923. The van der Waals surface area contributed by atoms with E-state index in [1.54, 1.807) is 0 Å². The Bertz CT molecular complexity index is 252. The molecule has 0 heterocycles. The number of hydrogen-bond donors (Lipinski definition) is 2. The molecule has 4 nitrogen and oxygen atoms in total. The van der Waals surface area contributed by atoms with Crippen molar-refractivity contribution in [2.75, 3.05) is 13.2 Å². The van der Waals surface area contributed by atoms with Crippen molar-refractivity contribution in [3.63, 3.8) is 0 Å². The van der Waals surface area contributed by atoms with Crippen LogP contribution < -0.4 is 5.32 Å². The van der Waals surface area contributed by atoms with E-state index < -0.39 is 5.60 Å². The molecule has 0 spiro atoms. The monoisotopic (exact) mass is 243 g/mol. The van der Waals surface area contributed by atoms with Gasteiger partial charge in [0.1, 0.15) is 5.60 Å². The number of carbonyl (C=O) groups is 1. The second-order valence-corrected chi connectivity index (χ2v) is 6.04. The quantitative estimate of drug-likeness (QED) is 0.797. The summed E-state index contributed by atoms with van der Waals surface area (Å²) in [6, 6.07) is 0. The highest BCUT2D eigenvalue weighted by Gasteiger charge is 2.33. The first kappa shape index (κ1) is 14.3. The third-order valence-corrected chi connectivity index (χ3v) is 3.31. The molecule has 0 unspecified atom stereocenters. The van der Waals surface area contributed by atoms with Gasteiger partial charge in [0.05, 0.1) is 0 Å². The van der Waals surface area contributed by atoms with Crippen molar-refractivity contribution in [3.8, 4) is 0 Å². The normalized spacial score (nSPS) is 19.1. The highest BCUT2D eigenvalue weighted by Crippen LogP contribution is 2.40. The van der Waals surface area contributed by atoms with Gasteiger partial charge in [-0.1, -0.05) is 12.8 Å². The lowest BCUT2D eigenvalue weighted by atomic mass is 9.83. The van der Waals surface area contributed by atoms with Crippen molar-refractivity contribution in [1.29, 1.82) is 0 Å². The first-order chi connectivity index (χ1) is 7.87. The Morgan fingerprint density at radius 3 is 2.41 bits per heavy atom. The van der Waals surface area contributed by atoms with Gasteiger partial charge in [0.25, 0.3) is 0 Å². The van der Waals surface area contributed by atoms with Crippen molar-refractivity contribution in [2.24, 2.45) is 5.41 Å². The summed E-state index contributed by atoms with van der Waals surface area (Å²) < 4.78 is 5.21. The third-order valence-electron chi connectivity index (χ3n) is 3.31. The number of ether oxygens (including phenoxy) is 1. The number of nitrogens with one attached hydrogen (secondary N) is 1. The molecule has 0 aromatic heterocycles. The maximum atomic E-state index is 11.6. The summed E-state index contributed by atoms with van der Waals surface area (Å²) in [6.45, 7) is 6.36. The zero-order valence-electron chi connectivity index (χ0n) is 11.2. The smallest absolute Gasteiger partial charge is 0.407 e. The minimum absolute atomic E-state index is 0.0889. The number of aliphatic hydroxyl groups excluding tert-OH is 1. The minimum Gasteiger partial charge on any atom is -0.444 e. The van der Waals surface area contributed by atoms with Crippen LogP contribution in [0.25, 0.3) is 0 Å². The molecule has 1 saturated carbocycles. The first-order valence-electron chi connectivity index (χ1n) is 6.45. The average molecular weight is 243 g/mol. The van der Waals surface area contributed by atoms with Crippen LogP contribution in [0.2, 0.25) is 0 Å². The Balaban J connectivity index is 2.39. The zero-order valence-corrected chi connectivity index (χ0v) is 11.2. The van der Waals surface area contributed by atoms with E-state index >= 15 is 0 Å². The van der Waals surface area contributed by atoms with Gasteiger partial charge in [-0.05, 0) is 45.4 Å². The van der Waals surface area contributed by atoms with Crippen LogP contribution in [0.5, 0.6) is 0 Å². The molecule has 17 heavy (non-hydrogen) atoms. The van der Waals surface area contributed by atoms with Gasteiger partial charge in [0, 0.05) is 13.2 Å². The Morgan fingerprint density at radius 1 is 1.35 bits per heavy atom. The number of hydrogen-bond acceptors (Lipinski definition) is 3. The van der Waals surface area contributed by atoms with Crippen LogP contribution in [0.15, 0.2) is 0 Å². The Morgan fingerprint density at radius 2 is 1.94 bits per heavy atom. The Hall–Kier alpha value is -0.770. The number of rotatable bonds is 4. The van der Waals surface area contributed by atoms with Gasteiger partial charge in [-0.15, -0.1) is 0 Å². The molecule has 0 saturated heterocycles. The molecule has 1 rings (SSSR count). The molecule has 1 aliphatic rings. The van der Waals surface area contributed by atoms with Gasteiger partial charge in [0.2, 0.25) is 0 Å². The van der Waals surface area contributed by atoms with E-state index in [4.69, 9.17) is 9.84 Å². The molecule has 1 amide bonds. The van der Waals surface area contributed by atoms with E-state index in [2.05, 4.69) is 5.32 Å². The molecule has 100 valence electrons. The van der Waals surface area contributed by atoms with Gasteiger partial charge in [-0.3, -0.25) is 0 Å². The van der Waals surface area contributed by atoms with Gasteiger partial charge < -0.3 is 15.2 Å². The third kappa shape index (κ3) is 4.94. The highest BCUT2D eigenvalue weighted by atomic mass is 16.6. The molecule has 0 aromatic carbocycles. The lowest BCUT2D eigenvalue weighted by Gasteiger charge is -2.29. The second-order valence-electron chi connectivity index (χ2n) is 6.04. The van der Waals surface area contributed by atoms with Crippen molar-refractivity contribution in [1.82, 2.24) is 5.32 Å². The van der Waals surface area contributed by atoms with E-state index in [-0.39, 0.29) is 18.1 Å². The zero-order chi connectivity index (χ0) is 12.9. The summed E-state index contributed by atoms with van der Waals surface area (Å²) in [5.41, 5.74) is -0.366. The SMILES string of the molecule is CC(C)(C)OC(=O)NCC1(CCO)CCCC1. The van der Waals surface area contributed by atoms with E-state index in [1.165, 1.54) is 12.8 Å². The van der Waals surface area contributed by atoms with Crippen LogP contribution in [0.4, 0.5) is 4.79 Å². The van der Waals surface area contributed by atoms with Crippen molar-refractivity contribution in [3.05, 3.63) is 0 Å². The number of carbonyl (C=O) groups excluding carboxylic acids is 1. The predicted octanol–water partition coefficient (Wildman–Crippen LogP) is 2.45. The van der Waals surface area contributed by atoms with E-state index in [0.717, 1.165) is 19.3 Å². The molecular weight excluding hydrogens is 218 g/mol. The Labute approximate surface area is 104 Å². The minimum atomic E-state index is -0.454. The fourth-order valence-electron chi connectivity index (χ4n) is 2.45. The molecule has 2 N–H and O–H groups in total. The summed E-state index contributed by atoms with van der Waals surface area (Å²) in [7, 11) is 0. The summed E-state index contributed by atoms with van der Waals surface area (Å²) >= 11 is 0. The molecule has 0 atom stereocenters. The van der Waals surface area contributed by atoms with Crippen LogP contribution >= 0.6 is 0 Å². The van der Waals surface area contributed by atoms with E-state index in [1.807, 2.05) is 20.8 Å². The van der Waals surface area contributed by atoms with Crippen molar-refractivity contribution >= 4 is 6.09 Å². The average Bonchev–Trinajstić information content (AvgIpc) is 2.62. The number of amides is 1. The molecule has 1 aliphatic carbocycles. The molecule has 4 heteroatoms. The van der Waals surface area contributed by atoms with Crippen LogP contribution in [0.3, 0.4) is 0 Å². The van der Waals surface area contributed by atoms with Crippen LogP contribution in [0.1, 0.15) is 52.9 Å². The fourth-order valence-corrected chi connectivity index (χ4v) is 2.45. The standard InChI is InChI=1S/C13H25NO3/c1-12(2,3)17-11(16)14-10-13(8-9-15)6-4-5-7-13/h15H,4-10H2,1-3H3,(H,14,16). The number of aliphatic hydroxyl groups is 1. The first-order valence-corrected chi connectivity index (χ1v) is 6.45.